The van der Waals surface area contributed by atoms with Gasteiger partial charge in [-0.1, -0.05) is 31.9 Å². The second-order valence-corrected chi connectivity index (χ2v) is 10.7. The van der Waals surface area contributed by atoms with Gasteiger partial charge in [0.2, 0.25) is 0 Å². The molecule has 2 aliphatic carbocycles. The average Bonchev–Trinajstić information content (AvgIpc) is 3.08. The fraction of sp³-hybridized carbons (Fsp3) is 0.880. The number of ketones is 1. The largest absolute Gasteiger partial charge is 0.396 e. The predicted octanol–water partition coefficient (Wildman–Crippen LogP) is 5.29. The van der Waals surface area contributed by atoms with Gasteiger partial charge in [0.05, 0.1) is 13.2 Å². The average molecular weight is 407 g/mol. The Labute approximate surface area is 177 Å². The van der Waals surface area contributed by atoms with E-state index in [9.17, 15) is 9.90 Å². The zero-order valence-corrected chi connectivity index (χ0v) is 19.3. The molecule has 0 aromatic carbocycles. The molecule has 4 nitrogen and oxygen atoms in total. The van der Waals surface area contributed by atoms with Crippen LogP contribution in [0.15, 0.2) is 11.6 Å². The molecule has 0 aromatic heterocycles. The number of aliphatic hydroxyl groups excluding tert-OH is 1. The van der Waals surface area contributed by atoms with Gasteiger partial charge in [0.1, 0.15) is 5.78 Å². The van der Waals surface area contributed by atoms with E-state index in [0.717, 1.165) is 44.9 Å². The number of ether oxygens (including phenoxy) is 2. The summed E-state index contributed by atoms with van der Waals surface area (Å²) in [6.07, 6.45) is 9.89. The fourth-order valence-corrected chi connectivity index (χ4v) is 6.81. The normalized spacial score (nSPS) is 39.2. The molecule has 3 aliphatic rings. The molecule has 3 fully saturated rings. The van der Waals surface area contributed by atoms with Crippen molar-refractivity contribution < 1.29 is 19.4 Å². The maximum atomic E-state index is 13.6. The summed E-state index contributed by atoms with van der Waals surface area (Å²) in [6, 6.07) is 0. The number of Topliss-reactive ketones (excluding diaryl/α,β-unsaturated/α-hetero) is 1. The van der Waals surface area contributed by atoms with Crippen molar-refractivity contribution in [1.29, 1.82) is 0 Å². The van der Waals surface area contributed by atoms with E-state index < -0.39 is 5.79 Å². The van der Waals surface area contributed by atoms with Gasteiger partial charge < -0.3 is 14.6 Å². The lowest BCUT2D eigenvalue weighted by molar-refractivity contribution is -0.174. The number of carbonyl (C=O) groups excluding carboxylic acids is 1. The smallest absolute Gasteiger partial charge is 0.165 e. The zero-order valence-electron chi connectivity index (χ0n) is 19.3. The van der Waals surface area contributed by atoms with E-state index in [1.165, 1.54) is 5.57 Å². The number of hydrogen-bond donors (Lipinski definition) is 1. The van der Waals surface area contributed by atoms with Crippen LogP contribution >= 0.6 is 0 Å². The SMILES string of the molecule is CC(C)=CCC[C@@]1(C)C(=O)C[C@@H]2[C@H](CO)CCC[C@]2(C)[C@@H]1CCC1(C)OCCO1. The highest BCUT2D eigenvalue weighted by Gasteiger charge is 2.59. The maximum Gasteiger partial charge on any atom is 0.165 e. The van der Waals surface area contributed by atoms with E-state index in [1.807, 2.05) is 6.92 Å². The van der Waals surface area contributed by atoms with Gasteiger partial charge in [0, 0.05) is 24.9 Å². The van der Waals surface area contributed by atoms with E-state index in [1.54, 1.807) is 0 Å². The highest BCUT2D eigenvalue weighted by Crippen LogP contribution is 2.62. The third-order valence-corrected chi connectivity index (χ3v) is 8.55. The van der Waals surface area contributed by atoms with Gasteiger partial charge in [-0.15, -0.1) is 0 Å². The molecule has 3 rings (SSSR count). The summed E-state index contributed by atoms with van der Waals surface area (Å²) >= 11 is 0. The van der Waals surface area contributed by atoms with Crippen LogP contribution in [0.2, 0.25) is 0 Å². The monoisotopic (exact) mass is 406 g/mol. The Bertz CT molecular complexity index is 616. The highest BCUT2D eigenvalue weighted by atomic mass is 16.7. The van der Waals surface area contributed by atoms with Crippen LogP contribution < -0.4 is 0 Å². The minimum absolute atomic E-state index is 0.0915. The molecule has 0 unspecified atom stereocenters. The first kappa shape index (κ1) is 23.0. The number of allylic oxidation sites excluding steroid dienone is 2. The van der Waals surface area contributed by atoms with E-state index in [0.29, 0.717) is 37.3 Å². The molecule has 29 heavy (non-hydrogen) atoms. The lowest BCUT2D eigenvalue weighted by Crippen LogP contribution is -2.57. The molecule has 1 aliphatic heterocycles. The molecule has 2 saturated carbocycles. The third kappa shape index (κ3) is 4.50. The Morgan fingerprint density at radius 3 is 2.48 bits per heavy atom. The maximum absolute atomic E-state index is 13.6. The molecule has 0 amide bonds. The number of aliphatic hydroxyl groups is 1. The van der Waals surface area contributed by atoms with Crippen molar-refractivity contribution >= 4 is 5.78 Å². The van der Waals surface area contributed by atoms with Crippen LogP contribution in [0.3, 0.4) is 0 Å². The van der Waals surface area contributed by atoms with Crippen LogP contribution in [0.4, 0.5) is 0 Å². The summed E-state index contributed by atoms with van der Waals surface area (Å²) < 4.78 is 11.8. The topological polar surface area (TPSA) is 55.8 Å². The number of rotatable bonds is 7. The van der Waals surface area contributed by atoms with Gasteiger partial charge in [-0.2, -0.15) is 0 Å². The van der Waals surface area contributed by atoms with E-state index in [-0.39, 0.29) is 23.4 Å². The molecular weight excluding hydrogens is 364 g/mol. The van der Waals surface area contributed by atoms with Gasteiger partial charge >= 0.3 is 0 Å². The van der Waals surface area contributed by atoms with Crippen molar-refractivity contribution in [1.82, 2.24) is 0 Å². The Kier molecular flexibility index (Phi) is 6.97. The molecule has 0 radical (unpaired) electrons. The summed E-state index contributed by atoms with van der Waals surface area (Å²) in [5, 5.41) is 10.0. The second kappa shape index (κ2) is 8.80. The van der Waals surface area contributed by atoms with Crippen LogP contribution in [-0.4, -0.2) is 36.5 Å². The quantitative estimate of drug-likeness (QED) is 0.584. The second-order valence-electron chi connectivity index (χ2n) is 10.7. The highest BCUT2D eigenvalue weighted by molar-refractivity contribution is 5.86. The zero-order chi connectivity index (χ0) is 21.3. The lowest BCUT2D eigenvalue weighted by Gasteiger charge is -2.59. The standard InChI is InChI=1S/C25H42O4/c1-18(2)8-6-12-24(4)21(10-13-25(5)28-14-15-29-25)23(3)11-7-9-19(17-26)20(23)16-22(24)27/h8,19-21,26H,6-7,9-17H2,1-5H3/t19-,20+,21-,23-,24+/m0/s1. The van der Waals surface area contributed by atoms with Crippen molar-refractivity contribution in [2.45, 2.75) is 91.8 Å². The Morgan fingerprint density at radius 2 is 1.86 bits per heavy atom. The predicted molar refractivity (Wildman–Crippen MR) is 115 cm³/mol. The fourth-order valence-electron chi connectivity index (χ4n) is 6.81. The first-order valence-corrected chi connectivity index (χ1v) is 11.7. The van der Waals surface area contributed by atoms with Gasteiger partial charge in [0.15, 0.2) is 5.79 Å². The molecular formula is C25H42O4. The molecule has 1 N–H and O–H groups in total. The van der Waals surface area contributed by atoms with Crippen molar-refractivity contribution in [3.05, 3.63) is 11.6 Å². The number of fused-ring (bicyclic) bond motifs is 1. The Balaban J connectivity index is 1.90. The molecule has 0 spiro atoms. The van der Waals surface area contributed by atoms with Crippen LogP contribution in [0.25, 0.3) is 0 Å². The van der Waals surface area contributed by atoms with Crippen molar-refractivity contribution in [3.63, 3.8) is 0 Å². The third-order valence-electron chi connectivity index (χ3n) is 8.55. The number of hydrogen-bond acceptors (Lipinski definition) is 4. The summed E-state index contributed by atoms with van der Waals surface area (Å²) in [6.45, 7) is 12.5. The van der Waals surface area contributed by atoms with Gasteiger partial charge in [-0.3, -0.25) is 4.79 Å². The van der Waals surface area contributed by atoms with Crippen molar-refractivity contribution in [2.75, 3.05) is 19.8 Å². The van der Waals surface area contributed by atoms with Gasteiger partial charge in [0.25, 0.3) is 0 Å². The molecule has 1 heterocycles. The van der Waals surface area contributed by atoms with Gasteiger partial charge in [-0.25, -0.2) is 0 Å². The minimum Gasteiger partial charge on any atom is -0.396 e. The van der Waals surface area contributed by atoms with Crippen molar-refractivity contribution in [3.8, 4) is 0 Å². The Morgan fingerprint density at radius 1 is 1.17 bits per heavy atom. The summed E-state index contributed by atoms with van der Waals surface area (Å²) in [7, 11) is 0. The Hall–Kier alpha value is -0.710. The van der Waals surface area contributed by atoms with E-state index >= 15 is 0 Å². The van der Waals surface area contributed by atoms with Crippen LogP contribution in [0.5, 0.6) is 0 Å². The van der Waals surface area contributed by atoms with E-state index in [4.69, 9.17) is 9.47 Å². The first-order valence-electron chi connectivity index (χ1n) is 11.7. The molecule has 166 valence electrons. The first-order chi connectivity index (χ1) is 13.6. The molecule has 0 bridgehead atoms. The minimum atomic E-state index is -0.516. The van der Waals surface area contributed by atoms with Crippen LogP contribution in [0.1, 0.15) is 86.0 Å². The lowest BCUT2D eigenvalue weighted by atomic mass is 9.44. The summed E-state index contributed by atoms with van der Waals surface area (Å²) in [4.78, 5) is 13.6. The van der Waals surface area contributed by atoms with Gasteiger partial charge in [-0.05, 0) is 76.0 Å². The van der Waals surface area contributed by atoms with E-state index in [2.05, 4.69) is 33.8 Å². The molecule has 0 aromatic rings. The van der Waals surface area contributed by atoms with Crippen LogP contribution in [0, 0.1) is 28.6 Å². The van der Waals surface area contributed by atoms with Crippen molar-refractivity contribution in [2.24, 2.45) is 28.6 Å². The number of carbonyl (C=O) groups is 1. The molecule has 4 heteroatoms. The molecule has 5 atom stereocenters. The summed E-state index contributed by atoms with van der Waals surface area (Å²) in [5.74, 6) is 0.750. The molecule has 1 saturated heterocycles. The van der Waals surface area contributed by atoms with Crippen LogP contribution in [-0.2, 0) is 14.3 Å². The summed E-state index contributed by atoms with van der Waals surface area (Å²) in [5.41, 5.74) is 1.09.